The number of ether oxygens (including phenoxy) is 1. The Labute approximate surface area is 222 Å². The fourth-order valence-corrected chi connectivity index (χ4v) is 6.69. The van der Waals surface area contributed by atoms with Gasteiger partial charge in [0.1, 0.15) is 5.82 Å². The highest BCUT2D eigenvalue weighted by Gasteiger charge is 2.40. The summed E-state index contributed by atoms with van der Waals surface area (Å²) >= 11 is 0. The van der Waals surface area contributed by atoms with E-state index < -0.39 is 33.9 Å². The minimum absolute atomic E-state index is 0.118. The van der Waals surface area contributed by atoms with Crippen molar-refractivity contribution in [3.63, 3.8) is 0 Å². The zero-order valence-electron chi connectivity index (χ0n) is 21.8. The number of piperazine rings is 1. The number of rotatable bonds is 8. The van der Waals surface area contributed by atoms with Gasteiger partial charge in [-0.3, -0.25) is 9.80 Å². The van der Waals surface area contributed by atoms with Gasteiger partial charge in [-0.25, -0.2) is 22.4 Å². The van der Waals surface area contributed by atoms with Crippen LogP contribution in [0.1, 0.15) is 32.4 Å². The highest BCUT2D eigenvalue weighted by Crippen LogP contribution is 2.33. The molecule has 2 aromatic rings. The lowest BCUT2D eigenvalue weighted by Gasteiger charge is -2.42. The number of likely N-dealkylation sites (N-methyl/N-ethyl adjacent to an activating group) is 1. The maximum absolute atomic E-state index is 14.8. The Kier molecular flexibility index (Phi) is 8.49. The molecule has 38 heavy (non-hydrogen) atoms. The van der Waals surface area contributed by atoms with E-state index >= 15 is 0 Å². The van der Waals surface area contributed by atoms with Crippen molar-refractivity contribution in [2.24, 2.45) is 0 Å². The van der Waals surface area contributed by atoms with Gasteiger partial charge in [-0.05, 0) is 39.0 Å². The van der Waals surface area contributed by atoms with E-state index in [1.54, 1.807) is 56.3 Å². The van der Waals surface area contributed by atoms with Gasteiger partial charge in [0.15, 0.2) is 0 Å². The second-order valence-corrected chi connectivity index (χ2v) is 11.1. The lowest BCUT2D eigenvalue weighted by molar-refractivity contribution is -0.139. The van der Waals surface area contributed by atoms with Crippen LogP contribution in [0.15, 0.2) is 70.8 Å². The first kappa shape index (κ1) is 27.7. The zero-order chi connectivity index (χ0) is 27.4. The van der Waals surface area contributed by atoms with Crippen LogP contribution >= 0.6 is 0 Å². The molecule has 0 radical (unpaired) electrons. The summed E-state index contributed by atoms with van der Waals surface area (Å²) in [5, 5.41) is 2.77. The number of nitrogens with zero attached hydrogens (tertiary/aromatic N) is 3. The molecule has 2 amide bonds. The summed E-state index contributed by atoms with van der Waals surface area (Å²) in [5.74, 6) is -1.18. The lowest BCUT2D eigenvalue weighted by atomic mass is 9.93. The van der Waals surface area contributed by atoms with Crippen LogP contribution in [0.5, 0.6) is 0 Å². The monoisotopic (exact) mass is 544 g/mol. The van der Waals surface area contributed by atoms with Gasteiger partial charge < -0.3 is 10.1 Å². The van der Waals surface area contributed by atoms with Gasteiger partial charge in [-0.2, -0.15) is 4.31 Å². The van der Waals surface area contributed by atoms with Crippen LogP contribution in [0.3, 0.4) is 0 Å². The molecule has 1 saturated heterocycles. The quantitative estimate of drug-likeness (QED) is 0.513. The predicted octanol–water partition coefficient (Wildman–Crippen LogP) is 3.12. The number of amides is 2. The largest absolute Gasteiger partial charge is 0.463 e. The molecular weight excluding hydrogens is 511 g/mol. The van der Waals surface area contributed by atoms with Crippen LogP contribution in [0.2, 0.25) is 0 Å². The molecule has 11 heteroatoms. The Balaban J connectivity index is 1.67. The Morgan fingerprint density at radius 1 is 1.08 bits per heavy atom. The Bertz CT molecular complexity index is 1320. The number of hydrogen-bond donors (Lipinski definition) is 1. The Hall–Kier alpha value is -3.28. The second kappa shape index (κ2) is 11.6. The minimum Gasteiger partial charge on any atom is -0.463 e. The molecule has 204 valence electrons. The Morgan fingerprint density at radius 3 is 2.39 bits per heavy atom. The normalized spacial score (nSPS) is 21.4. The zero-order valence-corrected chi connectivity index (χ0v) is 22.6. The highest BCUT2D eigenvalue weighted by atomic mass is 32.2. The van der Waals surface area contributed by atoms with Crippen molar-refractivity contribution in [2.45, 2.75) is 37.8 Å². The van der Waals surface area contributed by atoms with Gasteiger partial charge in [-0.15, -0.1) is 0 Å². The number of halogens is 1. The summed E-state index contributed by atoms with van der Waals surface area (Å²) in [4.78, 5) is 30.0. The first-order chi connectivity index (χ1) is 18.2. The predicted molar refractivity (Wildman–Crippen MR) is 140 cm³/mol. The van der Waals surface area contributed by atoms with E-state index in [0.717, 1.165) is 0 Å². The van der Waals surface area contributed by atoms with E-state index in [4.69, 9.17) is 4.74 Å². The molecule has 0 spiro atoms. The fourth-order valence-electron chi connectivity index (χ4n) is 5.06. The summed E-state index contributed by atoms with van der Waals surface area (Å²) < 4.78 is 48.1. The van der Waals surface area contributed by atoms with Crippen molar-refractivity contribution in [1.29, 1.82) is 0 Å². The Morgan fingerprint density at radius 2 is 1.76 bits per heavy atom. The molecule has 2 heterocycles. The van der Waals surface area contributed by atoms with Gasteiger partial charge in [0.25, 0.3) is 0 Å². The number of carbonyl (C=O) groups is 2. The third-order valence-electron chi connectivity index (χ3n) is 6.84. The fraction of sp³-hybridized carbons (Fsp3) is 0.407. The lowest BCUT2D eigenvalue weighted by Crippen LogP contribution is -2.56. The first-order valence-electron chi connectivity index (χ1n) is 12.7. The van der Waals surface area contributed by atoms with Gasteiger partial charge in [-0.1, -0.05) is 36.4 Å². The maximum Gasteiger partial charge on any atom is 0.338 e. The first-order valence-corrected chi connectivity index (χ1v) is 14.1. The van der Waals surface area contributed by atoms with E-state index in [1.807, 2.05) is 11.8 Å². The maximum atomic E-state index is 14.8. The average molecular weight is 545 g/mol. The molecule has 0 unspecified atom stereocenters. The molecule has 2 aliphatic rings. The number of nitrogens with one attached hydrogen (secondary N) is 1. The van der Waals surface area contributed by atoms with Crippen molar-refractivity contribution in [1.82, 2.24) is 19.4 Å². The van der Waals surface area contributed by atoms with Crippen molar-refractivity contribution < 1.29 is 27.1 Å². The molecule has 0 aromatic heterocycles. The summed E-state index contributed by atoms with van der Waals surface area (Å²) in [5.41, 5.74) is 0.768. The van der Waals surface area contributed by atoms with Crippen molar-refractivity contribution in [3.8, 4) is 0 Å². The molecule has 2 aliphatic heterocycles. The van der Waals surface area contributed by atoms with E-state index in [1.165, 1.54) is 21.3 Å². The van der Waals surface area contributed by atoms with E-state index in [9.17, 15) is 22.4 Å². The molecule has 2 atom stereocenters. The third-order valence-corrected chi connectivity index (χ3v) is 8.87. The van der Waals surface area contributed by atoms with Crippen LogP contribution in [-0.2, 0) is 19.6 Å². The smallest absolute Gasteiger partial charge is 0.338 e. The highest BCUT2D eigenvalue weighted by molar-refractivity contribution is 7.89. The van der Waals surface area contributed by atoms with Gasteiger partial charge in [0.05, 0.1) is 23.1 Å². The van der Waals surface area contributed by atoms with Crippen molar-refractivity contribution in [2.75, 3.05) is 39.3 Å². The summed E-state index contributed by atoms with van der Waals surface area (Å²) in [6, 6.07) is 12.5. The van der Waals surface area contributed by atoms with Crippen LogP contribution in [0.4, 0.5) is 9.18 Å². The number of urea groups is 1. The van der Waals surface area contributed by atoms with E-state index in [-0.39, 0.29) is 48.3 Å². The van der Waals surface area contributed by atoms with Crippen LogP contribution in [-0.4, -0.2) is 79.9 Å². The number of carbonyl (C=O) groups excluding carboxylic acids is 2. The molecule has 0 bridgehead atoms. The molecule has 0 saturated carbocycles. The molecule has 1 fully saturated rings. The summed E-state index contributed by atoms with van der Waals surface area (Å²) in [7, 11) is -3.67. The number of hydrogen-bond acceptors (Lipinski definition) is 6. The molecule has 9 nitrogen and oxygen atoms in total. The van der Waals surface area contributed by atoms with Crippen molar-refractivity contribution >= 4 is 22.0 Å². The van der Waals surface area contributed by atoms with E-state index in [0.29, 0.717) is 18.8 Å². The summed E-state index contributed by atoms with van der Waals surface area (Å²) in [6.07, 6.45) is 0. The van der Waals surface area contributed by atoms with Gasteiger partial charge in [0.2, 0.25) is 10.0 Å². The summed E-state index contributed by atoms with van der Waals surface area (Å²) in [6.45, 7) is 6.93. The third kappa shape index (κ3) is 5.45. The second-order valence-electron chi connectivity index (χ2n) is 9.24. The van der Waals surface area contributed by atoms with E-state index in [2.05, 4.69) is 5.32 Å². The number of benzene rings is 2. The van der Waals surface area contributed by atoms with Crippen molar-refractivity contribution in [3.05, 3.63) is 77.2 Å². The topological polar surface area (TPSA) is 99.3 Å². The van der Waals surface area contributed by atoms with Crippen LogP contribution in [0.25, 0.3) is 0 Å². The standard InChI is InChI=1S/C27H33FN4O5S/c1-4-31-23(18-30-15-16-32(19(3)17-30)38(35,36)20-11-7-6-8-12-20)24(26(33)37-5-2)25(29-27(31)34)21-13-9-10-14-22(21)28/h6-14,19,25H,4-5,15-18H2,1-3H3,(H,29,34)/t19-,25-/m0/s1. The average Bonchev–Trinajstić information content (AvgIpc) is 2.89. The minimum atomic E-state index is -3.67. The molecule has 2 aromatic carbocycles. The van der Waals surface area contributed by atoms with Gasteiger partial charge >= 0.3 is 12.0 Å². The molecule has 0 aliphatic carbocycles. The molecular formula is C27H33FN4O5S. The molecule has 1 N–H and O–H groups in total. The van der Waals surface area contributed by atoms with Crippen LogP contribution < -0.4 is 5.32 Å². The van der Waals surface area contributed by atoms with Gasteiger partial charge in [0, 0.05) is 50.0 Å². The number of esters is 1. The van der Waals surface area contributed by atoms with Crippen LogP contribution in [0, 0.1) is 5.82 Å². The SMILES string of the molecule is CCOC(=O)C1=C(CN2CCN(S(=O)(=O)c3ccccc3)[C@@H](C)C2)N(CC)C(=O)N[C@H]1c1ccccc1F. The molecule has 4 rings (SSSR count). The number of sulfonamides is 1.